The Bertz CT molecular complexity index is 968. The van der Waals surface area contributed by atoms with Crippen LogP contribution in [0.4, 0.5) is 0 Å². The van der Waals surface area contributed by atoms with Crippen molar-refractivity contribution in [2.75, 3.05) is 7.05 Å². The minimum atomic E-state index is -1.04. The van der Waals surface area contributed by atoms with E-state index in [0.717, 1.165) is 10.2 Å². The van der Waals surface area contributed by atoms with Crippen LogP contribution in [0.25, 0.3) is 17.1 Å². The zero-order chi connectivity index (χ0) is 17.1. The Balaban J connectivity index is 2.00. The maximum Gasteiger partial charge on any atom is 0.442 e. The Labute approximate surface area is 136 Å². The molecule has 2 aromatic carbocycles. The van der Waals surface area contributed by atoms with E-state index in [0.29, 0.717) is 11.3 Å². The van der Waals surface area contributed by atoms with E-state index < -0.39 is 11.7 Å². The van der Waals surface area contributed by atoms with Crippen LogP contribution in [-0.4, -0.2) is 34.1 Å². The minimum absolute atomic E-state index is 0.127. The van der Waals surface area contributed by atoms with Crippen molar-refractivity contribution in [1.82, 2.24) is 9.78 Å². The number of hydrogen-bond acceptors (Lipinski definition) is 5. The van der Waals surface area contributed by atoms with Gasteiger partial charge in [0.2, 0.25) is 5.89 Å². The smallest absolute Gasteiger partial charge is 0.442 e. The molecule has 7 nitrogen and oxygen atoms in total. The van der Waals surface area contributed by atoms with Crippen molar-refractivity contribution in [1.29, 1.82) is 0 Å². The number of benzene rings is 2. The lowest BCUT2D eigenvalue weighted by Crippen LogP contribution is -2.13. The molecule has 24 heavy (non-hydrogen) atoms. The van der Waals surface area contributed by atoms with E-state index in [2.05, 4.69) is 10.1 Å². The van der Waals surface area contributed by atoms with Crippen LogP contribution < -0.4 is 5.76 Å². The highest BCUT2D eigenvalue weighted by Crippen LogP contribution is 2.17. The van der Waals surface area contributed by atoms with Crippen LogP contribution in [0.3, 0.4) is 0 Å². The number of aromatic carboxylic acids is 1. The highest BCUT2D eigenvalue weighted by Gasteiger charge is 2.12. The largest absolute Gasteiger partial charge is 0.478 e. The van der Waals surface area contributed by atoms with Crippen LogP contribution in [0.5, 0.6) is 0 Å². The fourth-order valence-electron chi connectivity index (χ4n) is 2.20. The van der Waals surface area contributed by atoms with E-state index in [4.69, 9.17) is 9.52 Å². The van der Waals surface area contributed by atoms with Crippen LogP contribution in [0.15, 0.2) is 62.7 Å². The van der Waals surface area contributed by atoms with Crippen molar-refractivity contribution in [3.8, 4) is 17.1 Å². The second kappa shape index (κ2) is 6.33. The molecule has 0 unspecified atom stereocenters. The molecule has 3 aromatic rings. The van der Waals surface area contributed by atoms with Crippen molar-refractivity contribution in [2.24, 2.45) is 4.99 Å². The van der Waals surface area contributed by atoms with Crippen LogP contribution >= 0.6 is 0 Å². The molecule has 0 fully saturated rings. The zero-order valence-electron chi connectivity index (χ0n) is 12.7. The summed E-state index contributed by atoms with van der Waals surface area (Å²) in [5.41, 5.74) is 2.05. The quantitative estimate of drug-likeness (QED) is 0.743. The van der Waals surface area contributed by atoms with Crippen molar-refractivity contribution < 1.29 is 14.3 Å². The molecule has 0 aliphatic carbocycles. The molecule has 0 amide bonds. The first kappa shape index (κ1) is 15.4. The van der Waals surface area contributed by atoms with Gasteiger partial charge in [-0.05, 0) is 42.0 Å². The summed E-state index contributed by atoms with van der Waals surface area (Å²) in [7, 11) is 1.67. The van der Waals surface area contributed by atoms with Crippen LogP contribution in [-0.2, 0) is 0 Å². The standard InChI is InChI=1S/C17H13N3O4/c1-18-10-11-3-2-4-13(9-11)15-19-20(17(23)24-15)14-7-5-12(6-8-14)16(21)22/h2-10H,1H3,(H,21,22). The molecule has 7 heteroatoms. The van der Waals surface area contributed by atoms with Crippen LogP contribution in [0.2, 0.25) is 0 Å². The van der Waals surface area contributed by atoms with Gasteiger partial charge in [0.15, 0.2) is 0 Å². The van der Waals surface area contributed by atoms with E-state index in [1.165, 1.54) is 24.3 Å². The third-order valence-electron chi connectivity index (χ3n) is 3.32. The lowest BCUT2D eigenvalue weighted by Gasteiger charge is -1.99. The number of nitrogens with zero attached hydrogens (tertiary/aromatic N) is 3. The Morgan fingerprint density at radius 2 is 2.00 bits per heavy atom. The topological polar surface area (TPSA) is 97.7 Å². The predicted molar refractivity (Wildman–Crippen MR) is 88.0 cm³/mol. The summed E-state index contributed by atoms with van der Waals surface area (Å²) in [6, 6.07) is 13.1. The number of aromatic nitrogens is 2. The van der Waals surface area contributed by atoms with E-state index in [-0.39, 0.29) is 11.5 Å². The molecule has 1 N–H and O–H groups in total. The molecular formula is C17H13N3O4. The first-order valence-electron chi connectivity index (χ1n) is 7.05. The van der Waals surface area contributed by atoms with Crippen molar-refractivity contribution in [3.05, 3.63) is 70.2 Å². The van der Waals surface area contributed by atoms with Gasteiger partial charge in [0.05, 0.1) is 11.3 Å². The van der Waals surface area contributed by atoms with E-state index >= 15 is 0 Å². The van der Waals surface area contributed by atoms with Crippen LogP contribution in [0.1, 0.15) is 15.9 Å². The Kier molecular flexibility index (Phi) is 4.07. The number of carboxylic acid groups (broad SMARTS) is 1. The normalized spacial score (nSPS) is 11.0. The monoisotopic (exact) mass is 323 g/mol. The molecule has 0 saturated heterocycles. The third-order valence-corrected chi connectivity index (χ3v) is 3.32. The molecule has 0 spiro atoms. The van der Waals surface area contributed by atoms with E-state index in [1.54, 1.807) is 25.4 Å². The molecule has 120 valence electrons. The van der Waals surface area contributed by atoms with Crippen LogP contribution in [0, 0.1) is 0 Å². The van der Waals surface area contributed by atoms with E-state index in [1.807, 2.05) is 12.1 Å². The molecule has 0 bridgehead atoms. The number of carboxylic acids is 1. The van der Waals surface area contributed by atoms with Gasteiger partial charge in [-0.1, -0.05) is 12.1 Å². The van der Waals surface area contributed by atoms with Gasteiger partial charge in [-0.15, -0.1) is 5.10 Å². The molecule has 0 atom stereocenters. The first-order chi connectivity index (χ1) is 11.6. The van der Waals surface area contributed by atoms with Gasteiger partial charge in [-0.2, -0.15) is 4.68 Å². The summed E-state index contributed by atoms with van der Waals surface area (Å²) in [5, 5.41) is 13.1. The maximum absolute atomic E-state index is 12.0. The average Bonchev–Trinajstić information content (AvgIpc) is 2.97. The lowest BCUT2D eigenvalue weighted by atomic mass is 10.1. The number of rotatable bonds is 4. The van der Waals surface area contributed by atoms with Gasteiger partial charge in [0.25, 0.3) is 0 Å². The summed E-state index contributed by atoms with van der Waals surface area (Å²) in [5.74, 6) is -1.51. The van der Waals surface area contributed by atoms with Crippen molar-refractivity contribution in [3.63, 3.8) is 0 Å². The van der Waals surface area contributed by atoms with E-state index in [9.17, 15) is 9.59 Å². The predicted octanol–water partition coefficient (Wildman–Crippen LogP) is 2.24. The number of carbonyl (C=O) groups is 1. The second-order valence-corrected chi connectivity index (χ2v) is 4.95. The summed E-state index contributed by atoms with van der Waals surface area (Å²) in [4.78, 5) is 26.9. The highest BCUT2D eigenvalue weighted by molar-refractivity contribution is 5.87. The molecular weight excluding hydrogens is 310 g/mol. The van der Waals surface area contributed by atoms with Gasteiger partial charge in [-0.3, -0.25) is 4.99 Å². The summed E-state index contributed by atoms with van der Waals surface area (Å²) in [6.07, 6.45) is 1.68. The maximum atomic E-state index is 12.0. The third kappa shape index (κ3) is 3.00. The molecule has 0 aliphatic heterocycles. The molecule has 1 aromatic heterocycles. The van der Waals surface area contributed by atoms with Gasteiger partial charge in [-0.25, -0.2) is 9.59 Å². The Morgan fingerprint density at radius 3 is 2.67 bits per heavy atom. The second-order valence-electron chi connectivity index (χ2n) is 4.95. The highest BCUT2D eigenvalue weighted by atomic mass is 16.4. The fraction of sp³-hybridized carbons (Fsp3) is 0.0588. The summed E-state index contributed by atoms with van der Waals surface area (Å²) < 4.78 is 6.29. The summed E-state index contributed by atoms with van der Waals surface area (Å²) >= 11 is 0. The molecule has 3 rings (SSSR count). The number of aliphatic imine (C=N–C) groups is 1. The average molecular weight is 323 g/mol. The fourth-order valence-corrected chi connectivity index (χ4v) is 2.20. The molecule has 0 aliphatic rings. The molecule has 0 saturated carbocycles. The zero-order valence-corrected chi connectivity index (χ0v) is 12.7. The Hall–Kier alpha value is -3.48. The van der Waals surface area contributed by atoms with Gasteiger partial charge in [0.1, 0.15) is 0 Å². The summed E-state index contributed by atoms with van der Waals surface area (Å²) in [6.45, 7) is 0. The molecule has 0 radical (unpaired) electrons. The first-order valence-corrected chi connectivity index (χ1v) is 7.05. The van der Waals surface area contributed by atoms with Crippen molar-refractivity contribution >= 4 is 12.2 Å². The lowest BCUT2D eigenvalue weighted by molar-refractivity contribution is 0.0697. The Morgan fingerprint density at radius 1 is 1.25 bits per heavy atom. The molecule has 1 heterocycles. The number of hydrogen-bond donors (Lipinski definition) is 1. The SMILES string of the molecule is CN=Cc1cccc(-c2nn(-c3ccc(C(=O)O)cc3)c(=O)o2)c1. The van der Waals surface area contributed by atoms with Gasteiger partial charge in [0, 0.05) is 18.8 Å². The minimum Gasteiger partial charge on any atom is -0.478 e. The van der Waals surface area contributed by atoms with Gasteiger partial charge >= 0.3 is 11.7 Å². The van der Waals surface area contributed by atoms with Gasteiger partial charge < -0.3 is 9.52 Å². The van der Waals surface area contributed by atoms with Crippen molar-refractivity contribution in [2.45, 2.75) is 0 Å².